The van der Waals surface area contributed by atoms with Crippen LogP contribution in [0.15, 0.2) is 11.6 Å². The van der Waals surface area contributed by atoms with Crippen LogP contribution < -0.4 is 0 Å². The average Bonchev–Trinajstić information content (AvgIpc) is 3.75. The Morgan fingerprint density at radius 3 is 1.93 bits per heavy atom. The molecule has 0 aromatic rings. The second-order valence-corrected chi connectivity index (χ2v) is 14.3. The van der Waals surface area contributed by atoms with Crippen LogP contribution in [-0.4, -0.2) is 92.5 Å². The van der Waals surface area contributed by atoms with Crippen molar-refractivity contribution in [2.45, 2.75) is 216 Å². The highest BCUT2D eigenvalue weighted by molar-refractivity contribution is 5.90. The third-order valence-electron chi connectivity index (χ3n) is 10.2. The predicted octanol–water partition coefficient (Wildman–Crippen LogP) is 5.80. The number of rotatable bonds is 25. The van der Waals surface area contributed by atoms with Crippen molar-refractivity contribution >= 4 is 5.97 Å². The van der Waals surface area contributed by atoms with Crippen LogP contribution in [0.5, 0.6) is 0 Å². The molecule has 9 nitrogen and oxygen atoms in total. The molecule has 46 heavy (non-hydrogen) atoms. The van der Waals surface area contributed by atoms with Crippen molar-refractivity contribution in [2.75, 3.05) is 0 Å². The van der Waals surface area contributed by atoms with Gasteiger partial charge in [-0.3, -0.25) is 0 Å². The Morgan fingerprint density at radius 2 is 1.30 bits per heavy atom. The molecule has 0 aromatic carbocycles. The van der Waals surface area contributed by atoms with Gasteiger partial charge in [0.25, 0.3) is 0 Å². The number of esters is 1. The number of carbonyl (C=O) groups is 1. The van der Waals surface area contributed by atoms with Crippen LogP contribution in [-0.2, 0) is 19.0 Å². The van der Waals surface area contributed by atoms with Crippen LogP contribution in [0.25, 0.3) is 0 Å². The summed E-state index contributed by atoms with van der Waals surface area (Å²) in [6.07, 6.45) is 17.0. The summed E-state index contributed by atoms with van der Waals surface area (Å²) in [6.45, 7) is 4.01. The van der Waals surface area contributed by atoms with Gasteiger partial charge < -0.3 is 39.7 Å². The predicted molar refractivity (Wildman–Crippen MR) is 178 cm³/mol. The number of cyclic esters (lactones) is 1. The number of hydrogen-bond acceptors (Lipinski definition) is 9. The first kappa shape index (κ1) is 39.4. The fraction of sp³-hybridized carbons (Fsp3) is 0.919. The van der Waals surface area contributed by atoms with Gasteiger partial charge in [0.2, 0.25) is 0 Å². The first-order chi connectivity index (χ1) is 22.2. The third kappa shape index (κ3) is 13.8. The quantitative estimate of drug-likeness (QED) is 0.0609. The zero-order valence-electron chi connectivity index (χ0n) is 28.8. The van der Waals surface area contributed by atoms with Gasteiger partial charge >= 0.3 is 5.97 Å². The number of aliphatic hydroxyl groups is 5. The van der Waals surface area contributed by atoms with E-state index in [4.69, 9.17) is 14.2 Å². The summed E-state index contributed by atoms with van der Waals surface area (Å²) >= 11 is 0. The highest BCUT2D eigenvalue weighted by atomic mass is 16.6. The summed E-state index contributed by atoms with van der Waals surface area (Å²) in [5.74, 6) is -0.141. The molecule has 3 rings (SSSR count). The Hall–Kier alpha value is -1.07. The summed E-state index contributed by atoms with van der Waals surface area (Å²) in [5, 5.41) is 52.4. The number of carbonyl (C=O) groups excluding carboxylic acids is 1. The van der Waals surface area contributed by atoms with Gasteiger partial charge in [-0.05, 0) is 70.8 Å². The first-order valence-electron chi connectivity index (χ1n) is 18.8. The Kier molecular flexibility index (Phi) is 18.7. The van der Waals surface area contributed by atoms with E-state index in [1.807, 2.05) is 13.0 Å². The van der Waals surface area contributed by atoms with Gasteiger partial charge in [-0.25, -0.2) is 4.79 Å². The molecule has 0 spiro atoms. The summed E-state index contributed by atoms with van der Waals surface area (Å²) < 4.78 is 17.4. The molecule has 10 unspecified atom stereocenters. The van der Waals surface area contributed by atoms with E-state index in [1.54, 1.807) is 0 Å². The molecular weight excluding hydrogens is 588 g/mol. The molecule has 268 valence electrons. The fourth-order valence-electron chi connectivity index (χ4n) is 7.33. The minimum atomic E-state index is -0.760. The van der Waals surface area contributed by atoms with E-state index in [-0.39, 0.29) is 30.4 Å². The van der Waals surface area contributed by atoms with Crippen LogP contribution in [0.3, 0.4) is 0 Å². The fourth-order valence-corrected chi connectivity index (χ4v) is 7.33. The molecule has 0 aliphatic carbocycles. The van der Waals surface area contributed by atoms with Crippen LogP contribution in [0.2, 0.25) is 0 Å². The van der Waals surface area contributed by atoms with Crippen LogP contribution in [0, 0.1) is 0 Å². The maximum Gasteiger partial charge on any atom is 0.334 e. The Bertz CT molecular complexity index is 866. The first-order valence-corrected chi connectivity index (χ1v) is 18.8. The zero-order chi connectivity index (χ0) is 33.3. The zero-order valence-corrected chi connectivity index (χ0v) is 28.8. The van der Waals surface area contributed by atoms with E-state index in [1.165, 1.54) is 32.1 Å². The van der Waals surface area contributed by atoms with Crippen molar-refractivity contribution in [3.63, 3.8) is 0 Å². The molecule has 0 bridgehead atoms. The molecule has 3 aliphatic heterocycles. The lowest BCUT2D eigenvalue weighted by Gasteiger charge is -2.24. The maximum atomic E-state index is 11.6. The number of hydrogen-bond donors (Lipinski definition) is 5. The summed E-state index contributed by atoms with van der Waals surface area (Å²) in [7, 11) is 0. The lowest BCUT2D eigenvalue weighted by Crippen LogP contribution is -2.35. The summed E-state index contributed by atoms with van der Waals surface area (Å²) in [5.41, 5.74) is 0.843. The summed E-state index contributed by atoms with van der Waals surface area (Å²) in [6, 6.07) is 0. The lowest BCUT2D eigenvalue weighted by molar-refractivity contribution is -0.139. The smallest absolute Gasteiger partial charge is 0.334 e. The van der Waals surface area contributed by atoms with Crippen LogP contribution >= 0.6 is 0 Å². The molecule has 0 saturated carbocycles. The van der Waals surface area contributed by atoms with Crippen molar-refractivity contribution in [3.8, 4) is 0 Å². The Labute approximate surface area is 278 Å². The molecule has 5 N–H and O–H groups in total. The second-order valence-electron chi connectivity index (χ2n) is 14.3. The topological polar surface area (TPSA) is 146 Å². The molecule has 2 fully saturated rings. The molecule has 3 heterocycles. The van der Waals surface area contributed by atoms with E-state index < -0.39 is 36.6 Å². The minimum Gasteiger partial charge on any atom is -0.455 e. The Morgan fingerprint density at radius 1 is 0.717 bits per heavy atom. The lowest BCUT2D eigenvalue weighted by atomic mass is 9.98. The Balaban J connectivity index is 1.18. The number of unbranched alkanes of at least 4 members (excludes halogenated alkanes) is 11. The highest BCUT2D eigenvalue weighted by Gasteiger charge is 2.45. The van der Waals surface area contributed by atoms with Crippen molar-refractivity contribution in [2.24, 2.45) is 0 Å². The van der Waals surface area contributed by atoms with E-state index in [9.17, 15) is 30.3 Å². The monoisotopic (exact) mass is 654 g/mol. The SMILES string of the molecule is CCCCCC(O)C(O)CCCC(O)C1CCC(C2CC(O)C(C(O)CCCCCCCCCCCCC3=CC(C)OC3=O)O2)O1. The molecule has 0 amide bonds. The molecule has 2 saturated heterocycles. The molecule has 0 radical (unpaired) electrons. The minimum absolute atomic E-state index is 0.0701. The van der Waals surface area contributed by atoms with E-state index in [0.717, 1.165) is 69.8 Å². The van der Waals surface area contributed by atoms with Gasteiger partial charge in [0.05, 0.1) is 48.8 Å². The van der Waals surface area contributed by atoms with Crippen molar-refractivity contribution in [1.82, 2.24) is 0 Å². The molecular formula is C37H66O9. The van der Waals surface area contributed by atoms with E-state index in [0.29, 0.717) is 44.9 Å². The molecule has 0 aromatic heterocycles. The van der Waals surface area contributed by atoms with Crippen LogP contribution in [0.1, 0.15) is 155 Å². The third-order valence-corrected chi connectivity index (χ3v) is 10.2. The van der Waals surface area contributed by atoms with Crippen molar-refractivity contribution in [3.05, 3.63) is 11.6 Å². The molecule has 10 atom stereocenters. The standard InChI is InChI=1S/C37H66O9/c1-3-4-13-18-28(38)29(39)20-16-21-30(40)33-22-23-34(45-33)35-25-32(42)36(46-35)31(41)19-15-12-10-8-6-5-7-9-11-14-17-27-24-26(2)44-37(27)43/h24,26,28-36,38-42H,3-23,25H2,1-2H3. The maximum absolute atomic E-state index is 11.6. The number of aliphatic hydroxyl groups excluding tert-OH is 5. The van der Waals surface area contributed by atoms with Gasteiger partial charge in [0, 0.05) is 12.0 Å². The second kappa shape index (κ2) is 21.8. The molecule has 9 heteroatoms. The molecule has 3 aliphatic rings. The van der Waals surface area contributed by atoms with Crippen molar-refractivity contribution in [1.29, 1.82) is 0 Å². The van der Waals surface area contributed by atoms with E-state index >= 15 is 0 Å². The van der Waals surface area contributed by atoms with Gasteiger partial charge in [-0.1, -0.05) is 84.0 Å². The highest BCUT2D eigenvalue weighted by Crippen LogP contribution is 2.35. The van der Waals surface area contributed by atoms with Gasteiger partial charge in [-0.2, -0.15) is 0 Å². The van der Waals surface area contributed by atoms with Crippen LogP contribution in [0.4, 0.5) is 0 Å². The summed E-state index contributed by atoms with van der Waals surface area (Å²) in [4.78, 5) is 11.6. The van der Waals surface area contributed by atoms with Gasteiger partial charge in [0.15, 0.2) is 0 Å². The van der Waals surface area contributed by atoms with Gasteiger partial charge in [-0.15, -0.1) is 0 Å². The van der Waals surface area contributed by atoms with Gasteiger partial charge in [0.1, 0.15) is 12.2 Å². The average molecular weight is 655 g/mol. The number of ether oxygens (including phenoxy) is 3. The largest absolute Gasteiger partial charge is 0.455 e. The van der Waals surface area contributed by atoms with E-state index in [2.05, 4.69) is 6.92 Å². The van der Waals surface area contributed by atoms with Crippen molar-refractivity contribution < 1.29 is 44.5 Å². The normalized spacial score (nSPS) is 29.1.